The Morgan fingerprint density at radius 1 is 1.41 bits per heavy atom. The smallest absolute Gasteiger partial charge is 0.254 e. The first-order chi connectivity index (χ1) is 10.3. The summed E-state index contributed by atoms with van der Waals surface area (Å²) in [5, 5.41) is 11.5. The second kappa shape index (κ2) is 6.55. The van der Waals surface area contributed by atoms with Gasteiger partial charge in [-0.25, -0.2) is 17.9 Å². The Morgan fingerprint density at radius 2 is 2.14 bits per heavy atom. The van der Waals surface area contributed by atoms with E-state index in [1.807, 2.05) is 16.8 Å². The molecule has 22 heavy (non-hydrogen) atoms. The monoisotopic (exact) mass is 342 g/mol. The first-order valence-electron chi connectivity index (χ1n) is 6.41. The molecule has 2 rings (SSSR count). The highest BCUT2D eigenvalue weighted by atomic mass is 32.2. The van der Waals surface area contributed by atoms with Crippen LogP contribution in [0, 0.1) is 5.82 Å². The van der Waals surface area contributed by atoms with Gasteiger partial charge in [0.05, 0.1) is 10.5 Å². The molecule has 1 heterocycles. The lowest BCUT2D eigenvalue weighted by atomic mass is 10.1. The van der Waals surface area contributed by atoms with E-state index < -0.39 is 21.7 Å². The van der Waals surface area contributed by atoms with E-state index in [1.54, 1.807) is 18.3 Å². The Bertz CT molecular complexity index is 773. The summed E-state index contributed by atoms with van der Waals surface area (Å²) in [6.07, 6.45) is 0.603. The second-order valence-electron chi connectivity index (χ2n) is 4.90. The normalized spacial score (nSPS) is 12.9. The summed E-state index contributed by atoms with van der Waals surface area (Å²) in [7, 11) is -3.99. The molecular formula is C14H15FN2O3S2. The SMILES string of the molecule is C[C@H](Cc1ccsc1)NC(=O)c1cc(S(N)(=O)=O)ccc1F. The quantitative estimate of drug-likeness (QED) is 0.869. The van der Waals surface area contributed by atoms with E-state index in [2.05, 4.69) is 5.32 Å². The van der Waals surface area contributed by atoms with Gasteiger partial charge in [-0.1, -0.05) is 0 Å². The average Bonchev–Trinajstić information content (AvgIpc) is 2.90. The van der Waals surface area contributed by atoms with E-state index >= 15 is 0 Å². The molecule has 1 amide bonds. The molecule has 0 aliphatic rings. The van der Waals surface area contributed by atoms with Gasteiger partial charge in [0.15, 0.2) is 0 Å². The highest BCUT2D eigenvalue weighted by molar-refractivity contribution is 7.89. The van der Waals surface area contributed by atoms with Crippen molar-refractivity contribution in [2.24, 2.45) is 5.14 Å². The predicted molar refractivity (Wildman–Crippen MR) is 82.7 cm³/mol. The molecule has 1 aromatic carbocycles. The minimum Gasteiger partial charge on any atom is -0.349 e. The maximum absolute atomic E-state index is 13.7. The van der Waals surface area contributed by atoms with Gasteiger partial charge in [-0.05, 0) is 53.9 Å². The van der Waals surface area contributed by atoms with Crippen molar-refractivity contribution in [2.45, 2.75) is 24.3 Å². The molecule has 0 radical (unpaired) electrons. The van der Waals surface area contributed by atoms with Gasteiger partial charge in [-0.3, -0.25) is 4.79 Å². The van der Waals surface area contributed by atoms with Crippen molar-refractivity contribution in [1.82, 2.24) is 5.32 Å². The minimum absolute atomic E-state index is 0.223. The summed E-state index contributed by atoms with van der Waals surface area (Å²) >= 11 is 1.55. The van der Waals surface area contributed by atoms with Crippen molar-refractivity contribution in [2.75, 3.05) is 0 Å². The number of thiophene rings is 1. The van der Waals surface area contributed by atoms with E-state index in [-0.39, 0.29) is 16.5 Å². The fourth-order valence-corrected chi connectivity index (χ4v) is 3.19. The molecular weight excluding hydrogens is 327 g/mol. The van der Waals surface area contributed by atoms with Crippen LogP contribution in [-0.2, 0) is 16.4 Å². The lowest BCUT2D eigenvalue weighted by molar-refractivity contribution is 0.0936. The summed E-state index contributed by atoms with van der Waals surface area (Å²) in [5.74, 6) is -1.47. The lowest BCUT2D eigenvalue weighted by Gasteiger charge is -2.14. The zero-order chi connectivity index (χ0) is 16.3. The number of carbonyl (C=O) groups is 1. The van der Waals surface area contributed by atoms with Crippen molar-refractivity contribution in [3.8, 4) is 0 Å². The highest BCUT2D eigenvalue weighted by Gasteiger charge is 2.18. The van der Waals surface area contributed by atoms with E-state index in [0.717, 1.165) is 23.8 Å². The standard InChI is InChI=1S/C14H15FN2O3S2/c1-9(6-10-4-5-21-8-10)17-14(18)12-7-11(22(16,19)20)2-3-13(12)15/h2-5,7-9H,6H2,1H3,(H,17,18)(H2,16,19,20)/t9-/m1/s1. The maximum atomic E-state index is 13.7. The summed E-state index contributed by atoms with van der Waals surface area (Å²) in [6, 6.07) is 4.60. The molecule has 0 saturated heterocycles. The molecule has 0 spiro atoms. The van der Waals surface area contributed by atoms with Crippen LogP contribution < -0.4 is 10.5 Å². The molecule has 2 aromatic rings. The third-order valence-corrected chi connectivity index (χ3v) is 4.65. The molecule has 1 aromatic heterocycles. The molecule has 3 N–H and O–H groups in total. The van der Waals surface area contributed by atoms with Crippen molar-refractivity contribution in [1.29, 1.82) is 0 Å². The van der Waals surface area contributed by atoms with Crippen LogP contribution >= 0.6 is 11.3 Å². The zero-order valence-corrected chi connectivity index (χ0v) is 13.4. The van der Waals surface area contributed by atoms with Crippen molar-refractivity contribution in [3.63, 3.8) is 0 Å². The van der Waals surface area contributed by atoms with Crippen molar-refractivity contribution in [3.05, 3.63) is 52.0 Å². The number of amides is 1. The molecule has 0 saturated carbocycles. The van der Waals surface area contributed by atoms with Gasteiger partial charge in [0, 0.05) is 6.04 Å². The van der Waals surface area contributed by atoms with Crippen LogP contribution in [-0.4, -0.2) is 20.4 Å². The van der Waals surface area contributed by atoms with Gasteiger partial charge >= 0.3 is 0 Å². The molecule has 0 bridgehead atoms. The second-order valence-corrected chi connectivity index (χ2v) is 7.24. The van der Waals surface area contributed by atoms with Crippen LogP contribution in [0.15, 0.2) is 39.9 Å². The van der Waals surface area contributed by atoms with Gasteiger partial charge in [0.1, 0.15) is 5.82 Å². The van der Waals surface area contributed by atoms with Gasteiger partial charge in [-0.2, -0.15) is 11.3 Å². The first-order valence-corrected chi connectivity index (χ1v) is 8.90. The fraction of sp³-hybridized carbons (Fsp3) is 0.214. The maximum Gasteiger partial charge on any atom is 0.254 e. The van der Waals surface area contributed by atoms with Crippen molar-refractivity contribution < 1.29 is 17.6 Å². The summed E-state index contributed by atoms with van der Waals surface area (Å²) in [5.41, 5.74) is 0.722. The van der Waals surface area contributed by atoms with Crippen LogP contribution in [0.1, 0.15) is 22.8 Å². The predicted octanol–water partition coefficient (Wildman–Crippen LogP) is 1.90. The van der Waals surface area contributed by atoms with E-state index in [1.165, 1.54) is 0 Å². The Balaban J connectivity index is 2.15. The zero-order valence-electron chi connectivity index (χ0n) is 11.7. The average molecular weight is 342 g/mol. The highest BCUT2D eigenvalue weighted by Crippen LogP contribution is 2.15. The molecule has 1 atom stereocenters. The Kier molecular flexibility index (Phi) is 4.94. The van der Waals surface area contributed by atoms with Gasteiger partial charge in [0.2, 0.25) is 10.0 Å². The van der Waals surface area contributed by atoms with Gasteiger partial charge < -0.3 is 5.32 Å². The molecule has 8 heteroatoms. The number of hydrogen-bond acceptors (Lipinski definition) is 4. The fourth-order valence-electron chi connectivity index (χ4n) is 1.97. The molecule has 0 aliphatic carbocycles. The molecule has 118 valence electrons. The van der Waals surface area contributed by atoms with E-state index in [0.29, 0.717) is 6.42 Å². The van der Waals surface area contributed by atoms with Crippen LogP contribution in [0.3, 0.4) is 0 Å². The topological polar surface area (TPSA) is 89.3 Å². The third kappa shape index (κ3) is 4.12. The molecule has 0 fully saturated rings. The number of carbonyl (C=O) groups excluding carboxylic acids is 1. The first kappa shape index (κ1) is 16.6. The minimum atomic E-state index is -3.99. The van der Waals surface area contributed by atoms with Crippen molar-refractivity contribution >= 4 is 27.3 Å². The number of hydrogen-bond donors (Lipinski definition) is 2. The Hall–Kier alpha value is -1.77. The van der Waals surface area contributed by atoms with Gasteiger partial charge in [-0.15, -0.1) is 0 Å². The Morgan fingerprint density at radius 3 is 2.73 bits per heavy atom. The molecule has 0 unspecified atom stereocenters. The number of sulfonamides is 1. The van der Waals surface area contributed by atoms with Crippen LogP contribution in [0.5, 0.6) is 0 Å². The number of nitrogens with one attached hydrogen (secondary N) is 1. The van der Waals surface area contributed by atoms with Gasteiger partial charge in [0.25, 0.3) is 5.91 Å². The summed E-state index contributed by atoms with van der Waals surface area (Å²) < 4.78 is 36.3. The molecule has 0 aliphatic heterocycles. The lowest BCUT2D eigenvalue weighted by Crippen LogP contribution is -2.34. The van der Waals surface area contributed by atoms with E-state index in [9.17, 15) is 17.6 Å². The number of primary sulfonamides is 1. The van der Waals surface area contributed by atoms with Crippen LogP contribution in [0.4, 0.5) is 4.39 Å². The summed E-state index contributed by atoms with van der Waals surface area (Å²) in [6.45, 7) is 1.79. The largest absolute Gasteiger partial charge is 0.349 e. The van der Waals surface area contributed by atoms with Crippen LogP contribution in [0.2, 0.25) is 0 Å². The number of benzene rings is 1. The number of rotatable bonds is 5. The molecule has 5 nitrogen and oxygen atoms in total. The van der Waals surface area contributed by atoms with E-state index in [4.69, 9.17) is 5.14 Å². The Labute approximate surface area is 132 Å². The third-order valence-electron chi connectivity index (χ3n) is 3.01. The number of nitrogens with two attached hydrogens (primary N) is 1. The summed E-state index contributed by atoms with van der Waals surface area (Å²) in [4.78, 5) is 11.8. The van der Waals surface area contributed by atoms with Crippen LogP contribution in [0.25, 0.3) is 0 Å². The number of halogens is 1.